The number of phenolic OH excluding ortho intramolecular Hbond substituents is 1. The van der Waals surface area contributed by atoms with Gasteiger partial charge in [-0.25, -0.2) is 0 Å². The predicted octanol–water partition coefficient (Wildman–Crippen LogP) is 1.34. The Morgan fingerprint density at radius 1 is 1.11 bits per heavy atom. The van der Waals surface area contributed by atoms with Crippen molar-refractivity contribution >= 4 is 40.5 Å². The van der Waals surface area contributed by atoms with Crippen molar-refractivity contribution in [1.29, 1.82) is 0 Å². The summed E-state index contributed by atoms with van der Waals surface area (Å²) in [6.07, 6.45) is 1.47. The lowest BCUT2D eigenvalue weighted by molar-refractivity contribution is -0.153. The molecule has 3 aliphatic carbocycles. The number of aliphatic hydroxyl groups excluding tert-OH is 2. The van der Waals surface area contributed by atoms with Crippen molar-refractivity contribution in [3.8, 4) is 5.75 Å². The molecule has 13 nitrogen and oxygen atoms in total. The molecule has 0 unspecified atom stereocenters. The first-order chi connectivity index (χ1) is 21.5. The third kappa shape index (κ3) is 5.23. The van der Waals surface area contributed by atoms with Crippen LogP contribution in [0, 0.1) is 23.7 Å². The van der Waals surface area contributed by atoms with Crippen molar-refractivity contribution < 1.29 is 39.6 Å². The van der Waals surface area contributed by atoms with E-state index in [0.717, 1.165) is 19.6 Å². The third-order valence-corrected chi connectivity index (χ3v) is 10.0. The molecule has 1 saturated carbocycles. The van der Waals surface area contributed by atoms with Gasteiger partial charge in [0.05, 0.1) is 17.3 Å². The SMILES string of the molecule is CC(C)CN1CCC(C(=O)Nc2cc(N(C)C)c3c(c2O)C(O)=C2C(=O)[C@]4(O)C(O)=C(C(N)=O)C(=O)[C@@H](N(C)C)[C@@H]4C[C@@H]2C3)CC1. The summed E-state index contributed by atoms with van der Waals surface area (Å²) in [5, 5.41) is 49.0. The van der Waals surface area contributed by atoms with Crippen molar-refractivity contribution in [2.24, 2.45) is 29.4 Å². The highest BCUT2D eigenvalue weighted by atomic mass is 16.3. The molecule has 1 aliphatic heterocycles. The van der Waals surface area contributed by atoms with E-state index in [0.29, 0.717) is 30.0 Å². The number of piperidine rings is 1. The number of Topliss-reactive ketones (excluding diaryl/α,β-unsaturated/α-hetero) is 2. The Morgan fingerprint density at radius 2 is 1.74 bits per heavy atom. The van der Waals surface area contributed by atoms with Gasteiger partial charge < -0.3 is 41.3 Å². The molecule has 4 aliphatic rings. The molecule has 0 bridgehead atoms. The van der Waals surface area contributed by atoms with Crippen molar-refractivity contribution in [2.45, 2.75) is 51.2 Å². The maximum atomic E-state index is 14.2. The quantitative estimate of drug-likeness (QED) is 0.186. The molecule has 46 heavy (non-hydrogen) atoms. The molecule has 0 spiro atoms. The fourth-order valence-corrected chi connectivity index (χ4v) is 7.92. The van der Waals surface area contributed by atoms with Gasteiger partial charge >= 0.3 is 0 Å². The van der Waals surface area contributed by atoms with Crippen LogP contribution in [0.25, 0.3) is 5.76 Å². The van der Waals surface area contributed by atoms with Gasteiger partial charge in [0.1, 0.15) is 22.8 Å². The molecule has 250 valence electrons. The number of benzene rings is 1. The van der Waals surface area contributed by atoms with E-state index >= 15 is 0 Å². The van der Waals surface area contributed by atoms with Crippen LogP contribution >= 0.6 is 0 Å². The number of ketones is 2. The molecule has 1 aromatic rings. The van der Waals surface area contributed by atoms with Crippen LogP contribution in [-0.4, -0.2) is 113 Å². The number of fused-ring (bicyclic) bond motifs is 3. The molecular formula is C33H45N5O8. The Hall–Kier alpha value is -3.94. The molecule has 5 rings (SSSR count). The zero-order chi connectivity index (χ0) is 34.0. The van der Waals surface area contributed by atoms with Crippen LogP contribution < -0.4 is 16.0 Å². The van der Waals surface area contributed by atoms with E-state index in [1.807, 2.05) is 0 Å². The number of primary amides is 1. The van der Waals surface area contributed by atoms with Gasteiger partial charge in [0.15, 0.2) is 11.4 Å². The molecule has 0 aromatic heterocycles. The second kappa shape index (κ2) is 12.0. The van der Waals surface area contributed by atoms with Crippen molar-refractivity contribution in [3.05, 3.63) is 34.1 Å². The molecule has 1 heterocycles. The average Bonchev–Trinajstić information content (AvgIpc) is 2.95. The van der Waals surface area contributed by atoms with E-state index in [2.05, 4.69) is 24.1 Å². The summed E-state index contributed by atoms with van der Waals surface area (Å²) in [4.78, 5) is 58.7. The van der Waals surface area contributed by atoms with Crippen LogP contribution in [0.2, 0.25) is 0 Å². The predicted molar refractivity (Wildman–Crippen MR) is 171 cm³/mol. The lowest BCUT2D eigenvalue weighted by Gasteiger charge is -2.50. The lowest BCUT2D eigenvalue weighted by atomic mass is 9.57. The number of likely N-dealkylation sites (tertiary alicyclic amines) is 1. The highest BCUT2D eigenvalue weighted by Crippen LogP contribution is 2.54. The van der Waals surface area contributed by atoms with Gasteiger partial charge in [-0.3, -0.25) is 24.1 Å². The van der Waals surface area contributed by atoms with E-state index in [4.69, 9.17) is 5.73 Å². The molecule has 4 atom stereocenters. The number of nitrogens with two attached hydrogens (primary N) is 1. The molecular weight excluding hydrogens is 594 g/mol. The maximum Gasteiger partial charge on any atom is 0.255 e. The topological polar surface area (TPSA) is 197 Å². The van der Waals surface area contributed by atoms with Crippen LogP contribution in [0.4, 0.5) is 11.4 Å². The molecule has 1 aromatic carbocycles. The fourth-order valence-electron chi connectivity index (χ4n) is 7.92. The fraction of sp³-hybridized carbons (Fsp3) is 0.576. The maximum absolute atomic E-state index is 14.2. The Kier molecular flexibility index (Phi) is 8.73. The zero-order valence-electron chi connectivity index (χ0n) is 27.3. The highest BCUT2D eigenvalue weighted by Gasteiger charge is 2.64. The molecule has 2 fully saturated rings. The number of hydrogen-bond acceptors (Lipinski definition) is 11. The number of aromatic hydroxyl groups is 1. The van der Waals surface area contributed by atoms with E-state index in [1.165, 1.54) is 4.90 Å². The second-order valence-electron chi connectivity index (χ2n) is 14.0. The standard InChI is InChI=1S/C33H45N5O8/c1-15(2)14-38-9-7-16(8-10-38)32(45)35-20-13-21(36(3)4)18-11-17-12-19-25(37(5)6)28(41)24(31(34)44)30(43)33(19,46)29(42)22(17)27(40)23(18)26(20)39/h13,15-17,19,25,39-40,43,46H,7-12,14H2,1-6H3,(H2,34,44)(H,35,45)/t17-,19-,25-,33-/m0/s1. The van der Waals surface area contributed by atoms with E-state index in [-0.39, 0.29) is 41.5 Å². The van der Waals surface area contributed by atoms with Gasteiger partial charge in [0.25, 0.3) is 5.91 Å². The van der Waals surface area contributed by atoms with E-state index in [9.17, 15) is 39.6 Å². The summed E-state index contributed by atoms with van der Waals surface area (Å²) in [5.41, 5.74) is 2.70. The summed E-state index contributed by atoms with van der Waals surface area (Å²) in [6.45, 7) is 6.84. The minimum atomic E-state index is -2.72. The molecule has 2 amide bonds. The third-order valence-electron chi connectivity index (χ3n) is 10.0. The normalized spacial score (nSPS) is 27.1. The van der Waals surface area contributed by atoms with Crippen LogP contribution in [0.1, 0.15) is 44.2 Å². The number of nitrogens with zero attached hydrogens (tertiary/aromatic N) is 3. The number of carbonyl (C=O) groups is 4. The van der Waals surface area contributed by atoms with Crippen LogP contribution in [0.3, 0.4) is 0 Å². The Morgan fingerprint density at radius 3 is 2.28 bits per heavy atom. The summed E-state index contributed by atoms with van der Waals surface area (Å²) in [6, 6.07) is 0.480. The Balaban J connectivity index is 1.56. The highest BCUT2D eigenvalue weighted by molar-refractivity contribution is 6.24. The smallest absolute Gasteiger partial charge is 0.255 e. The zero-order valence-corrected chi connectivity index (χ0v) is 27.3. The van der Waals surface area contributed by atoms with E-state index in [1.54, 1.807) is 39.2 Å². The van der Waals surface area contributed by atoms with Crippen molar-refractivity contribution in [3.63, 3.8) is 0 Å². The second-order valence-corrected chi connectivity index (χ2v) is 14.0. The molecule has 1 saturated heterocycles. The molecule has 0 radical (unpaired) electrons. The number of rotatable bonds is 7. The van der Waals surface area contributed by atoms with Gasteiger partial charge in [-0.2, -0.15) is 0 Å². The number of phenols is 1. The number of likely N-dealkylation sites (N-methyl/N-ethyl adjacent to an activating group) is 1. The van der Waals surface area contributed by atoms with Gasteiger partial charge in [-0.15, -0.1) is 0 Å². The summed E-state index contributed by atoms with van der Waals surface area (Å²) in [7, 11) is 6.67. The molecule has 13 heteroatoms. The minimum Gasteiger partial charge on any atom is -0.508 e. The van der Waals surface area contributed by atoms with Gasteiger partial charge in [-0.05, 0) is 76.3 Å². The van der Waals surface area contributed by atoms with Gasteiger partial charge in [-0.1, -0.05) is 13.8 Å². The first-order valence-corrected chi connectivity index (χ1v) is 15.7. The number of aliphatic hydroxyl groups is 3. The Labute approximate surface area is 268 Å². The van der Waals surface area contributed by atoms with Gasteiger partial charge in [0, 0.05) is 43.7 Å². The number of carbonyl (C=O) groups excluding carboxylic acids is 4. The molecule has 7 N–H and O–H groups in total. The van der Waals surface area contributed by atoms with Crippen LogP contribution in [-0.2, 0) is 25.6 Å². The van der Waals surface area contributed by atoms with Crippen LogP contribution in [0.15, 0.2) is 23.0 Å². The number of anilines is 2. The lowest BCUT2D eigenvalue weighted by Crippen LogP contribution is -2.65. The summed E-state index contributed by atoms with van der Waals surface area (Å²) in [5.74, 6) is -7.20. The van der Waals surface area contributed by atoms with Crippen LogP contribution in [0.5, 0.6) is 5.75 Å². The van der Waals surface area contributed by atoms with Crippen molar-refractivity contribution in [2.75, 3.05) is 58.0 Å². The number of hydrogen-bond donors (Lipinski definition) is 6. The van der Waals surface area contributed by atoms with Crippen molar-refractivity contribution in [1.82, 2.24) is 9.80 Å². The Bertz CT molecular complexity index is 1550. The largest absolute Gasteiger partial charge is 0.508 e. The summed E-state index contributed by atoms with van der Waals surface area (Å²) < 4.78 is 0. The monoisotopic (exact) mass is 639 g/mol. The summed E-state index contributed by atoms with van der Waals surface area (Å²) >= 11 is 0. The van der Waals surface area contributed by atoms with E-state index < -0.39 is 63.8 Å². The first-order valence-electron chi connectivity index (χ1n) is 15.7. The minimum absolute atomic E-state index is 0.00656. The number of amides is 2. The average molecular weight is 640 g/mol. The number of nitrogens with one attached hydrogen (secondary N) is 1. The van der Waals surface area contributed by atoms with Gasteiger partial charge in [0.2, 0.25) is 11.7 Å². The first kappa shape index (κ1) is 33.4.